The summed E-state index contributed by atoms with van der Waals surface area (Å²) in [5, 5.41) is 8.75. The molecule has 2 aromatic rings. The highest BCUT2D eigenvalue weighted by molar-refractivity contribution is 7.80. The average Bonchev–Trinajstić information content (AvgIpc) is 2.61. The first-order valence-corrected chi connectivity index (χ1v) is 8.57. The molecule has 6 nitrogen and oxygen atoms in total. The van der Waals surface area contributed by atoms with Crippen LogP contribution in [0.15, 0.2) is 42.5 Å². The van der Waals surface area contributed by atoms with Gasteiger partial charge in [-0.15, -0.1) is 0 Å². The van der Waals surface area contributed by atoms with Crippen molar-refractivity contribution in [2.45, 2.75) is 13.3 Å². The molecule has 0 heterocycles. The van der Waals surface area contributed by atoms with E-state index in [9.17, 15) is 9.59 Å². The van der Waals surface area contributed by atoms with Crippen molar-refractivity contribution in [2.75, 3.05) is 17.7 Å². The van der Waals surface area contributed by atoms with E-state index in [1.807, 2.05) is 0 Å². The molecule has 0 bridgehead atoms. The summed E-state index contributed by atoms with van der Waals surface area (Å²) >= 11 is 11.1. The van der Waals surface area contributed by atoms with Gasteiger partial charge in [-0.05, 0) is 48.6 Å². The smallest absolute Gasteiger partial charge is 0.261 e. The number of thiocarbonyl (C=S) groups is 1. The lowest BCUT2D eigenvalue weighted by Crippen LogP contribution is -2.34. The van der Waals surface area contributed by atoms with Crippen molar-refractivity contribution in [3.63, 3.8) is 0 Å². The molecule has 26 heavy (non-hydrogen) atoms. The van der Waals surface area contributed by atoms with Crippen LogP contribution in [0.25, 0.3) is 0 Å². The Labute approximate surface area is 161 Å². The van der Waals surface area contributed by atoms with Crippen LogP contribution in [0.1, 0.15) is 23.7 Å². The number of carbonyl (C=O) groups is 2. The second-order valence-electron chi connectivity index (χ2n) is 5.24. The molecular weight excluding hydrogens is 374 g/mol. The van der Waals surface area contributed by atoms with Crippen molar-refractivity contribution in [1.29, 1.82) is 0 Å². The van der Waals surface area contributed by atoms with E-state index in [-0.39, 0.29) is 16.6 Å². The summed E-state index contributed by atoms with van der Waals surface area (Å²) in [6.07, 6.45) is 0.383. The Morgan fingerprint density at radius 3 is 2.46 bits per heavy atom. The highest BCUT2D eigenvalue weighted by Crippen LogP contribution is 2.22. The van der Waals surface area contributed by atoms with Crippen LogP contribution >= 0.6 is 23.8 Å². The van der Waals surface area contributed by atoms with Crippen LogP contribution in [-0.4, -0.2) is 24.0 Å². The molecule has 0 saturated carbocycles. The molecule has 3 N–H and O–H groups in total. The Morgan fingerprint density at radius 2 is 1.81 bits per heavy atom. The number of amides is 2. The fourth-order valence-corrected chi connectivity index (χ4v) is 2.50. The summed E-state index contributed by atoms with van der Waals surface area (Å²) in [7, 11) is 1.46. The fourth-order valence-electron chi connectivity index (χ4n) is 2.11. The molecule has 136 valence electrons. The Balaban J connectivity index is 2.05. The van der Waals surface area contributed by atoms with Crippen molar-refractivity contribution in [1.82, 2.24) is 5.32 Å². The highest BCUT2D eigenvalue weighted by Gasteiger charge is 2.14. The maximum Gasteiger partial charge on any atom is 0.261 e. The number of carbonyl (C=O) groups excluding carboxylic acids is 2. The summed E-state index contributed by atoms with van der Waals surface area (Å²) in [6, 6.07) is 11.7. The third-order valence-electron chi connectivity index (χ3n) is 3.36. The van der Waals surface area contributed by atoms with Gasteiger partial charge in [-0.2, -0.15) is 0 Å². The van der Waals surface area contributed by atoms with Crippen molar-refractivity contribution in [3.8, 4) is 5.75 Å². The Morgan fingerprint density at radius 1 is 1.12 bits per heavy atom. The average molecular weight is 392 g/mol. The molecule has 8 heteroatoms. The Kier molecular flexibility index (Phi) is 6.94. The number of anilines is 2. The lowest BCUT2D eigenvalue weighted by Gasteiger charge is -2.13. The molecule has 0 spiro atoms. The molecule has 0 radical (unpaired) electrons. The fraction of sp³-hybridized carbons (Fsp3) is 0.167. The van der Waals surface area contributed by atoms with E-state index in [1.165, 1.54) is 13.2 Å². The molecule has 0 atom stereocenters. The van der Waals surface area contributed by atoms with Crippen molar-refractivity contribution in [2.24, 2.45) is 0 Å². The second-order valence-corrected chi connectivity index (χ2v) is 6.08. The van der Waals surface area contributed by atoms with Gasteiger partial charge >= 0.3 is 0 Å². The number of rotatable bonds is 5. The minimum Gasteiger partial charge on any atom is -0.496 e. The number of hydrogen-bond acceptors (Lipinski definition) is 4. The zero-order valence-corrected chi connectivity index (χ0v) is 15.8. The highest BCUT2D eigenvalue weighted by atomic mass is 35.5. The number of benzene rings is 2. The van der Waals surface area contributed by atoms with Gasteiger partial charge in [0, 0.05) is 22.8 Å². The van der Waals surface area contributed by atoms with E-state index in [0.29, 0.717) is 28.6 Å². The van der Waals surface area contributed by atoms with E-state index < -0.39 is 5.91 Å². The standard InChI is InChI=1S/C18H18ClN3O3S/c1-3-16(23)20-12-5-4-6-13(10-12)21-18(26)22-17(24)14-9-11(19)7-8-15(14)25-2/h4-10H,3H2,1-2H3,(H,20,23)(H2,21,22,24,26). The van der Waals surface area contributed by atoms with Gasteiger partial charge in [0.1, 0.15) is 5.75 Å². The normalized spacial score (nSPS) is 9.96. The van der Waals surface area contributed by atoms with E-state index in [4.69, 9.17) is 28.6 Å². The number of halogens is 1. The lowest BCUT2D eigenvalue weighted by molar-refractivity contribution is -0.115. The molecule has 2 amide bonds. The zero-order chi connectivity index (χ0) is 19.1. The van der Waals surface area contributed by atoms with Crippen LogP contribution in [0.3, 0.4) is 0 Å². The van der Waals surface area contributed by atoms with Crippen LogP contribution in [0, 0.1) is 0 Å². The second kappa shape index (κ2) is 9.17. The zero-order valence-electron chi connectivity index (χ0n) is 14.3. The first kappa shape index (κ1) is 19.7. The third-order valence-corrected chi connectivity index (χ3v) is 3.80. The molecule has 0 aliphatic heterocycles. The van der Waals surface area contributed by atoms with E-state index in [2.05, 4.69) is 16.0 Å². The predicted octanol–water partition coefficient (Wildman–Crippen LogP) is 3.82. The van der Waals surface area contributed by atoms with E-state index in [1.54, 1.807) is 43.3 Å². The number of nitrogens with one attached hydrogen (secondary N) is 3. The Bertz CT molecular complexity index is 842. The van der Waals surface area contributed by atoms with Crippen LogP contribution in [0.5, 0.6) is 5.75 Å². The van der Waals surface area contributed by atoms with Gasteiger partial charge < -0.3 is 15.4 Å². The van der Waals surface area contributed by atoms with Crippen LogP contribution in [-0.2, 0) is 4.79 Å². The van der Waals surface area contributed by atoms with Crippen LogP contribution < -0.4 is 20.7 Å². The summed E-state index contributed by atoms with van der Waals surface area (Å²) in [5.74, 6) is -0.151. The van der Waals surface area contributed by atoms with Crippen molar-refractivity contribution in [3.05, 3.63) is 53.1 Å². The maximum absolute atomic E-state index is 12.4. The molecule has 0 aliphatic rings. The predicted molar refractivity (Wildman–Crippen MR) is 107 cm³/mol. The van der Waals surface area contributed by atoms with Crippen molar-refractivity contribution >= 4 is 52.1 Å². The molecule has 0 fully saturated rings. The molecule has 0 aliphatic carbocycles. The molecule has 0 saturated heterocycles. The SMILES string of the molecule is CCC(=O)Nc1cccc(NC(=S)NC(=O)c2cc(Cl)ccc2OC)c1. The number of hydrogen-bond donors (Lipinski definition) is 3. The summed E-state index contributed by atoms with van der Waals surface area (Å²) < 4.78 is 5.16. The number of ether oxygens (including phenoxy) is 1. The molecule has 2 aromatic carbocycles. The number of methoxy groups -OCH3 is 1. The lowest BCUT2D eigenvalue weighted by atomic mass is 10.2. The van der Waals surface area contributed by atoms with Gasteiger partial charge in [0.05, 0.1) is 12.7 Å². The minimum absolute atomic E-state index is 0.0916. The van der Waals surface area contributed by atoms with Crippen LogP contribution in [0.4, 0.5) is 11.4 Å². The molecular formula is C18H18ClN3O3S. The summed E-state index contributed by atoms with van der Waals surface area (Å²) in [6.45, 7) is 1.77. The summed E-state index contributed by atoms with van der Waals surface area (Å²) in [4.78, 5) is 23.9. The van der Waals surface area contributed by atoms with Gasteiger partial charge in [0.2, 0.25) is 5.91 Å². The maximum atomic E-state index is 12.4. The van der Waals surface area contributed by atoms with E-state index in [0.717, 1.165) is 0 Å². The van der Waals surface area contributed by atoms with Gasteiger partial charge in [-0.3, -0.25) is 14.9 Å². The van der Waals surface area contributed by atoms with E-state index >= 15 is 0 Å². The minimum atomic E-state index is -0.447. The van der Waals surface area contributed by atoms with Gasteiger partial charge in [0.15, 0.2) is 5.11 Å². The summed E-state index contributed by atoms with van der Waals surface area (Å²) in [5.41, 5.74) is 1.53. The van der Waals surface area contributed by atoms with Crippen molar-refractivity contribution < 1.29 is 14.3 Å². The first-order chi connectivity index (χ1) is 12.4. The third kappa shape index (κ3) is 5.44. The molecule has 0 aromatic heterocycles. The topological polar surface area (TPSA) is 79.5 Å². The Hall–Kier alpha value is -2.64. The van der Waals surface area contributed by atoms with Gasteiger partial charge in [-0.25, -0.2) is 0 Å². The first-order valence-electron chi connectivity index (χ1n) is 7.78. The monoisotopic (exact) mass is 391 g/mol. The largest absolute Gasteiger partial charge is 0.496 e. The molecule has 2 rings (SSSR count). The van der Waals surface area contributed by atoms with Gasteiger partial charge in [-0.1, -0.05) is 24.6 Å². The van der Waals surface area contributed by atoms with Gasteiger partial charge in [0.25, 0.3) is 5.91 Å². The molecule has 0 unspecified atom stereocenters. The van der Waals surface area contributed by atoms with Crippen LogP contribution in [0.2, 0.25) is 5.02 Å². The quantitative estimate of drug-likeness (QED) is 0.675.